The second-order valence-corrected chi connectivity index (χ2v) is 6.30. The summed E-state index contributed by atoms with van der Waals surface area (Å²) in [6, 6.07) is 18.3. The summed E-state index contributed by atoms with van der Waals surface area (Å²) in [5.41, 5.74) is 0.766. The van der Waals surface area contributed by atoms with Gasteiger partial charge >= 0.3 is 0 Å². The number of para-hydroxylation sites is 1. The van der Waals surface area contributed by atoms with Gasteiger partial charge in [-0.2, -0.15) is 5.26 Å². The molecule has 3 rings (SSSR count). The molecule has 0 radical (unpaired) electrons. The van der Waals surface area contributed by atoms with Crippen molar-refractivity contribution in [3.05, 3.63) is 65.7 Å². The lowest BCUT2D eigenvalue weighted by Gasteiger charge is -2.20. The summed E-state index contributed by atoms with van der Waals surface area (Å²) in [6.45, 7) is 1.90. The Balaban J connectivity index is 1.70. The Hall–Kier alpha value is -3.13. The summed E-state index contributed by atoms with van der Waals surface area (Å²) in [6.07, 6.45) is 1.03. The number of carbonyl (C=O) groups excluding carboxylic acids is 2. The van der Waals surface area contributed by atoms with Crippen molar-refractivity contribution in [2.45, 2.75) is 25.8 Å². The Bertz CT molecular complexity index is 836. The minimum absolute atomic E-state index is 0.176. The van der Waals surface area contributed by atoms with Crippen LogP contribution in [0.1, 0.15) is 36.9 Å². The second-order valence-electron chi connectivity index (χ2n) is 6.30. The number of anilines is 1. The highest BCUT2D eigenvalue weighted by molar-refractivity contribution is 6.13. The molecule has 1 unspecified atom stereocenters. The van der Waals surface area contributed by atoms with Crippen molar-refractivity contribution in [3.8, 4) is 6.07 Å². The summed E-state index contributed by atoms with van der Waals surface area (Å²) in [7, 11) is 0. The smallest absolute Gasteiger partial charge is 0.240 e. The average molecular weight is 333 g/mol. The standard InChI is InChI=1S/C20H19N3O2/c1-14(15-7-3-2-4-8-15)22-18(24)20(11-12-20)19(25)23-17-10-6-5-9-16(17)13-21/h2-10,14H,11-12H2,1H3,(H,22,24)(H,23,25). The molecule has 126 valence electrons. The zero-order valence-electron chi connectivity index (χ0n) is 14.0. The van der Waals surface area contributed by atoms with Gasteiger partial charge in [0.2, 0.25) is 11.8 Å². The minimum atomic E-state index is -1.04. The van der Waals surface area contributed by atoms with Crippen molar-refractivity contribution in [1.82, 2.24) is 5.32 Å². The molecule has 0 bridgehead atoms. The van der Waals surface area contributed by atoms with Crippen molar-refractivity contribution in [1.29, 1.82) is 5.26 Å². The van der Waals surface area contributed by atoms with Crippen molar-refractivity contribution < 1.29 is 9.59 Å². The number of nitriles is 1. The number of rotatable bonds is 5. The lowest BCUT2D eigenvalue weighted by atomic mass is 10.0. The van der Waals surface area contributed by atoms with Crippen LogP contribution < -0.4 is 10.6 Å². The van der Waals surface area contributed by atoms with Crippen LogP contribution in [-0.4, -0.2) is 11.8 Å². The summed E-state index contributed by atoms with van der Waals surface area (Å²) < 4.78 is 0. The minimum Gasteiger partial charge on any atom is -0.349 e. The van der Waals surface area contributed by atoms with Crippen molar-refractivity contribution >= 4 is 17.5 Å². The fourth-order valence-corrected chi connectivity index (χ4v) is 2.77. The maximum Gasteiger partial charge on any atom is 0.240 e. The maximum absolute atomic E-state index is 12.7. The Morgan fingerprint density at radius 1 is 1.04 bits per heavy atom. The third-order valence-electron chi connectivity index (χ3n) is 4.56. The molecule has 2 amide bonds. The lowest BCUT2D eigenvalue weighted by molar-refractivity contribution is -0.134. The van der Waals surface area contributed by atoms with Gasteiger partial charge in [0.25, 0.3) is 0 Å². The molecule has 1 saturated carbocycles. The highest BCUT2D eigenvalue weighted by Gasteiger charge is 2.56. The number of nitrogens with zero attached hydrogens (tertiary/aromatic N) is 1. The molecular formula is C20H19N3O2. The van der Waals surface area contributed by atoms with Gasteiger partial charge in [-0.3, -0.25) is 9.59 Å². The Kier molecular flexibility index (Phi) is 4.53. The van der Waals surface area contributed by atoms with E-state index in [4.69, 9.17) is 5.26 Å². The summed E-state index contributed by atoms with van der Waals surface area (Å²) >= 11 is 0. The molecule has 5 nitrogen and oxygen atoms in total. The number of carbonyl (C=O) groups is 2. The lowest BCUT2D eigenvalue weighted by Crippen LogP contribution is -2.41. The fraction of sp³-hybridized carbons (Fsp3) is 0.250. The fourth-order valence-electron chi connectivity index (χ4n) is 2.77. The van der Waals surface area contributed by atoms with Crippen LogP contribution in [0.25, 0.3) is 0 Å². The van der Waals surface area contributed by atoms with E-state index in [9.17, 15) is 9.59 Å². The van der Waals surface area contributed by atoms with Gasteiger partial charge in [0.05, 0.1) is 17.3 Å². The molecule has 1 aliphatic rings. The van der Waals surface area contributed by atoms with Gasteiger partial charge in [0.15, 0.2) is 0 Å². The predicted octanol–water partition coefficient (Wildman–Crippen LogP) is 3.15. The molecule has 5 heteroatoms. The van der Waals surface area contributed by atoms with Crippen molar-refractivity contribution in [3.63, 3.8) is 0 Å². The summed E-state index contributed by atoms with van der Waals surface area (Å²) in [5, 5.41) is 14.8. The predicted molar refractivity (Wildman–Crippen MR) is 94.5 cm³/mol. The van der Waals surface area contributed by atoms with E-state index in [1.165, 1.54) is 0 Å². The van der Waals surface area contributed by atoms with Crippen molar-refractivity contribution in [2.75, 3.05) is 5.32 Å². The van der Waals surface area contributed by atoms with E-state index in [-0.39, 0.29) is 17.9 Å². The normalized spacial score (nSPS) is 15.5. The third-order valence-corrected chi connectivity index (χ3v) is 4.56. The van der Waals surface area contributed by atoms with E-state index >= 15 is 0 Å². The maximum atomic E-state index is 12.7. The van der Waals surface area contributed by atoms with E-state index in [1.54, 1.807) is 24.3 Å². The van der Waals surface area contributed by atoms with Crippen LogP contribution in [0, 0.1) is 16.7 Å². The van der Waals surface area contributed by atoms with Crippen LogP contribution in [0.3, 0.4) is 0 Å². The number of hydrogen-bond donors (Lipinski definition) is 2. The Morgan fingerprint density at radius 2 is 1.68 bits per heavy atom. The van der Waals surface area contributed by atoms with Crippen molar-refractivity contribution in [2.24, 2.45) is 5.41 Å². The number of amides is 2. The molecule has 1 aliphatic carbocycles. The van der Waals surface area contributed by atoms with E-state index in [0.717, 1.165) is 5.56 Å². The van der Waals surface area contributed by atoms with Gasteiger partial charge in [0, 0.05) is 0 Å². The molecular weight excluding hydrogens is 314 g/mol. The zero-order valence-corrected chi connectivity index (χ0v) is 14.0. The van der Waals surface area contributed by atoms with E-state index in [1.807, 2.05) is 43.3 Å². The number of hydrogen-bond acceptors (Lipinski definition) is 3. The van der Waals surface area contributed by atoms with Gasteiger partial charge in [-0.05, 0) is 37.5 Å². The van der Waals surface area contributed by atoms with Crippen LogP contribution >= 0.6 is 0 Å². The molecule has 25 heavy (non-hydrogen) atoms. The Morgan fingerprint density at radius 3 is 2.32 bits per heavy atom. The quantitative estimate of drug-likeness (QED) is 0.825. The first kappa shape index (κ1) is 16.7. The van der Waals surface area contributed by atoms with E-state index in [0.29, 0.717) is 24.1 Å². The largest absolute Gasteiger partial charge is 0.349 e. The second kappa shape index (κ2) is 6.78. The highest BCUT2D eigenvalue weighted by atomic mass is 16.2. The van der Waals surface area contributed by atoms with E-state index < -0.39 is 5.41 Å². The molecule has 2 aromatic rings. The molecule has 0 heterocycles. The van der Waals surface area contributed by atoms with Gasteiger partial charge in [-0.1, -0.05) is 42.5 Å². The molecule has 0 saturated heterocycles. The first-order valence-corrected chi connectivity index (χ1v) is 8.23. The number of benzene rings is 2. The average Bonchev–Trinajstić information content (AvgIpc) is 3.45. The van der Waals surface area contributed by atoms with Crippen LogP contribution in [0.5, 0.6) is 0 Å². The molecule has 0 spiro atoms. The molecule has 0 aliphatic heterocycles. The van der Waals surface area contributed by atoms with Gasteiger partial charge in [-0.15, -0.1) is 0 Å². The molecule has 1 fully saturated rings. The monoisotopic (exact) mass is 333 g/mol. The molecule has 2 aromatic carbocycles. The van der Waals surface area contributed by atoms with Crippen LogP contribution in [0.4, 0.5) is 5.69 Å². The SMILES string of the molecule is CC(NC(=O)C1(C(=O)Nc2ccccc2C#N)CC1)c1ccccc1. The van der Waals surface area contributed by atoms with Gasteiger partial charge in [-0.25, -0.2) is 0 Å². The van der Waals surface area contributed by atoms with E-state index in [2.05, 4.69) is 10.6 Å². The van der Waals surface area contributed by atoms with Gasteiger partial charge in [0.1, 0.15) is 11.5 Å². The van der Waals surface area contributed by atoms with Crippen LogP contribution in [-0.2, 0) is 9.59 Å². The topological polar surface area (TPSA) is 82.0 Å². The first-order chi connectivity index (χ1) is 12.1. The molecule has 1 atom stereocenters. The summed E-state index contributed by atoms with van der Waals surface area (Å²) in [4.78, 5) is 25.3. The molecule has 2 N–H and O–H groups in total. The van der Waals surface area contributed by atoms with Crippen LogP contribution in [0.2, 0.25) is 0 Å². The van der Waals surface area contributed by atoms with Crippen LogP contribution in [0.15, 0.2) is 54.6 Å². The third kappa shape index (κ3) is 3.38. The Labute approximate surface area is 146 Å². The summed E-state index contributed by atoms with van der Waals surface area (Å²) in [5.74, 6) is -0.622. The zero-order chi connectivity index (χ0) is 17.9. The van der Waals surface area contributed by atoms with Gasteiger partial charge < -0.3 is 10.6 Å². The number of nitrogens with one attached hydrogen (secondary N) is 2. The molecule has 0 aromatic heterocycles. The highest BCUT2D eigenvalue weighted by Crippen LogP contribution is 2.47. The first-order valence-electron chi connectivity index (χ1n) is 8.23.